The van der Waals surface area contributed by atoms with E-state index in [9.17, 15) is 9.59 Å². The van der Waals surface area contributed by atoms with E-state index in [2.05, 4.69) is 37.4 Å². The van der Waals surface area contributed by atoms with Crippen molar-refractivity contribution in [2.24, 2.45) is 0 Å². The first-order valence-corrected chi connectivity index (χ1v) is 13.8. The van der Waals surface area contributed by atoms with Crippen molar-refractivity contribution in [3.8, 4) is 0 Å². The van der Waals surface area contributed by atoms with Crippen molar-refractivity contribution >= 4 is 23.6 Å². The van der Waals surface area contributed by atoms with Crippen LogP contribution in [-0.2, 0) is 28.3 Å². The molecule has 0 aliphatic carbocycles. The van der Waals surface area contributed by atoms with Crippen LogP contribution in [0.15, 0.2) is 78.9 Å². The van der Waals surface area contributed by atoms with Gasteiger partial charge >= 0.3 is 0 Å². The normalized spacial score (nSPS) is 12.6. The van der Waals surface area contributed by atoms with Crippen LogP contribution >= 0.6 is 11.8 Å². The molecule has 190 valence electrons. The van der Waals surface area contributed by atoms with Crippen molar-refractivity contribution in [1.82, 2.24) is 10.2 Å². The molecule has 0 heterocycles. The summed E-state index contributed by atoms with van der Waals surface area (Å²) in [6.45, 7) is 8.64. The minimum Gasteiger partial charge on any atom is -0.352 e. The molecule has 0 spiro atoms. The Hall–Kier alpha value is -3.05. The predicted molar refractivity (Wildman–Crippen MR) is 151 cm³/mol. The van der Waals surface area contributed by atoms with Crippen LogP contribution in [-0.4, -0.2) is 34.6 Å². The summed E-state index contributed by atoms with van der Waals surface area (Å²) < 4.78 is 0. The summed E-state index contributed by atoms with van der Waals surface area (Å²) in [5.74, 6) is 0.961. The molecule has 0 fully saturated rings. The van der Waals surface area contributed by atoms with Gasteiger partial charge in [0.15, 0.2) is 0 Å². The van der Waals surface area contributed by atoms with E-state index in [0.717, 1.165) is 23.3 Å². The number of rotatable bonds is 12. The molecular formula is C31H38N2O2S. The lowest BCUT2D eigenvalue weighted by Crippen LogP contribution is -2.52. The number of hydrogen-bond donors (Lipinski definition) is 1. The highest BCUT2D eigenvalue weighted by Crippen LogP contribution is 2.20. The number of nitrogens with one attached hydrogen (secondary N) is 1. The second-order valence-corrected chi connectivity index (χ2v) is 10.5. The predicted octanol–water partition coefficient (Wildman–Crippen LogP) is 6.09. The largest absolute Gasteiger partial charge is 0.352 e. The van der Waals surface area contributed by atoms with Crippen LogP contribution < -0.4 is 5.32 Å². The van der Waals surface area contributed by atoms with Crippen LogP contribution in [0.25, 0.3) is 0 Å². The van der Waals surface area contributed by atoms with E-state index in [1.54, 1.807) is 16.7 Å². The minimum absolute atomic E-state index is 0.0199. The van der Waals surface area contributed by atoms with Gasteiger partial charge in [0, 0.05) is 24.8 Å². The third-order valence-corrected chi connectivity index (χ3v) is 7.23. The Balaban J connectivity index is 1.83. The van der Waals surface area contributed by atoms with Crippen LogP contribution in [0.1, 0.15) is 48.1 Å². The van der Waals surface area contributed by atoms with Gasteiger partial charge in [-0.25, -0.2) is 0 Å². The Kier molecular flexibility index (Phi) is 10.6. The second kappa shape index (κ2) is 13.9. The van der Waals surface area contributed by atoms with Crippen LogP contribution in [0.4, 0.5) is 0 Å². The number of benzene rings is 3. The van der Waals surface area contributed by atoms with Crippen molar-refractivity contribution in [3.63, 3.8) is 0 Å². The molecule has 2 atom stereocenters. The monoisotopic (exact) mass is 502 g/mol. The van der Waals surface area contributed by atoms with Crippen molar-refractivity contribution < 1.29 is 9.59 Å². The molecule has 2 unspecified atom stereocenters. The third-order valence-electron chi connectivity index (χ3n) is 6.24. The molecule has 4 nitrogen and oxygen atoms in total. The lowest BCUT2D eigenvalue weighted by Gasteiger charge is -2.32. The lowest BCUT2D eigenvalue weighted by atomic mass is 10.0. The fourth-order valence-electron chi connectivity index (χ4n) is 4.27. The zero-order valence-corrected chi connectivity index (χ0v) is 22.7. The Morgan fingerprint density at radius 3 is 2.03 bits per heavy atom. The molecule has 0 saturated heterocycles. The van der Waals surface area contributed by atoms with E-state index in [-0.39, 0.29) is 17.9 Å². The maximum Gasteiger partial charge on any atom is 0.243 e. The molecule has 5 heteroatoms. The van der Waals surface area contributed by atoms with Gasteiger partial charge in [-0.1, -0.05) is 96.9 Å². The maximum absolute atomic E-state index is 13.7. The molecular weight excluding hydrogens is 464 g/mol. The third kappa shape index (κ3) is 8.56. The van der Waals surface area contributed by atoms with Crippen molar-refractivity contribution in [3.05, 3.63) is 107 Å². The topological polar surface area (TPSA) is 49.4 Å². The summed E-state index contributed by atoms with van der Waals surface area (Å²) in [4.78, 5) is 29.0. The first-order valence-electron chi connectivity index (χ1n) is 12.7. The zero-order chi connectivity index (χ0) is 25.9. The molecule has 0 aliphatic heterocycles. The molecule has 0 bridgehead atoms. The Morgan fingerprint density at radius 1 is 0.861 bits per heavy atom. The van der Waals surface area contributed by atoms with Crippen LogP contribution in [0, 0.1) is 13.8 Å². The summed E-state index contributed by atoms with van der Waals surface area (Å²) in [6, 6.07) is 25.8. The van der Waals surface area contributed by atoms with Gasteiger partial charge in [0.05, 0.1) is 5.75 Å². The summed E-state index contributed by atoms with van der Waals surface area (Å²) in [6.07, 6.45) is 1.31. The van der Waals surface area contributed by atoms with Crippen molar-refractivity contribution in [2.75, 3.05) is 5.75 Å². The van der Waals surface area contributed by atoms with Gasteiger partial charge in [-0.05, 0) is 43.9 Å². The van der Waals surface area contributed by atoms with E-state index in [1.807, 2.05) is 74.5 Å². The van der Waals surface area contributed by atoms with E-state index < -0.39 is 6.04 Å². The zero-order valence-electron chi connectivity index (χ0n) is 21.9. The van der Waals surface area contributed by atoms with Gasteiger partial charge in [-0.15, -0.1) is 11.8 Å². The number of carbonyl (C=O) groups is 2. The molecule has 2 amide bonds. The minimum atomic E-state index is -0.587. The van der Waals surface area contributed by atoms with Crippen LogP contribution in [0.2, 0.25) is 0 Å². The SMILES string of the molecule is CCC(C)NC(=O)C(Cc1ccccc1)N(Cc1ccccc1)C(=O)CSCc1cc(C)cc(C)c1. The lowest BCUT2D eigenvalue weighted by molar-refractivity contribution is -0.139. The molecule has 3 aromatic carbocycles. The molecule has 0 aliphatic rings. The average Bonchev–Trinajstić information content (AvgIpc) is 2.86. The number of amides is 2. The van der Waals surface area contributed by atoms with Crippen LogP contribution in [0.3, 0.4) is 0 Å². The number of thioether (sulfide) groups is 1. The van der Waals surface area contributed by atoms with Gasteiger partial charge in [0.2, 0.25) is 11.8 Å². The summed E-state index contributed by atoms with van der Waals surface area (Å²) >= 11 is 1.60. The number of carbonyl (C=O) groups excluding carboxylic acids is 2. The summed E-state index contributed by atoms with van der Waals surface area (Å²) in [7, 11) is 0. The number of aryl methyl sites for hydroxylation is 2. The number of hydrogen-bond acceptors (Lipinski definition) is 3. The van der Waals surface area contributed by atoms with Crippen molar-refractivity contribution in [2.45, 2.75) is 64.9 Å². The van der Waals surface area contributed by atoms with Crippen LogP contribution in [0.5, 0.6) is 0 Å². The fraction of sp³-hybridized carbons (Fsp3) is 0.355. The summed E-state index contributed by atoms with van der Waals surface area (Å²) in [5.41, 5.74) is 5.73. The van der Waals surface area contributed by atoms with Gasteiger partial charge in [-0.2, -0.15) is 0 Å². The standard InChI is InChI=1S/C31H38N2O2S/c1-5-25(4)32-31(35)29(19-26-12-8-6-9-13-26)33(20-27-14-10-7-11-15-27)30(34)22-36-21-28-17-23(2)16-24(3)18-28/h6-18,25,29H,5,19-22H2,1-4H3,(H,32,35). The Labute approximate surface area is 220 Å². The highest BCUT2D eigenvalue weighted by molar-refractivity contribution is 7.99. The Bertz CT molecular complexity index is 1100. The van der Waals surface area contributed by atoms with E-state index >= 15 is 0 Å². The molecule has 1 N–H and O–H groups in total. The molecule has 0 saturated carbocycles. The number of nitrogens with zero attached hydrogens (tertiary/aromatic N) is 1. The van der Waals surface area contributed by atoms with E-state index in [0.29, 0.717) is 18.7 Å². The van der Waals surface area contributed by atoms with E-state index in [4.69, 9.17) is 0 Å². The molecule has 3 aromatic rings. The molecule has 36 heavy (non-hydrogen) atoms. The van der Waals surface area contributed by atoms with Gasteiger partial charge in [0.1, 0.15) is 6.04 Å². The second-order valence-electron chi connectivity index (χ2n) is 9.52. The quantitative estimate of drug-likeness (QED) is 0.326. The fourth-order valence-corrected chi connectivity index (χ4v) is 5.11. The first kappa shape index (κ1) is 27.5. The van der Waals surface area contributed by atoms with Gasteiger partial charge in [-0.3, -0.25) is 9.59 Å². The highest BCUT2D eigenvalue weighted by Gasteiger charge is 2.30. The first-order chi connectivity index (χ1) is 17.4. The van der Waals surface area contributed by atoms with Crippen molar-refractivity contribution in [1.29, 1.82) is 0 Å². The maximum atomic E-state index is 13.7. The molecule has 0 aromatic heterocycles. The smallest absolute Gasteiger partial charge is 0.243 e. The average molecular weight is 503 g/mol. The summed E-state index contributed by atoms with van der Waals surface area (Å²) in [5, 5.41) is 3.13. The van der Waals surface area contributed by atoms with E-state index in [1.165, 1.54) is 16.7 Å². The molecule has 0 radical (unpaired) electrons. The molecule has 3 rings (SSSR count). The van der Waals surface area contributed by atoms with Gasteiger partial charge in [0.25, 0.3) is 0 Å². The Morgan fingerprint density at radius 2 is 1.44 bits per heavy atom. The van der Waals surface area contributed by atoms with Gasteiger partial charge < -0.3 is 10.2 Å². The highest BCUT2D eigenvalue weighted by atomic mass is 32.2.